The molecule has 0 saturated carbocycles. The first-order chi connectivity index (χ1) is 36.0. The maximum absolute atomic E-state index is 12.8. The lowest BCUT2D eigenvalue weighted by Gasteiger charge is -2.18. The van der Waals surface area contributed by atoms with Gasteiger partial charge >= 0.3 is 17.9 Å². The van der Waals surface area contributed by atoms with Gasteiger partial charge in [-0.3, -0.25) is 14.4 Å². The Morgan fingerprint density at radius 1 is 0.288 bits per heavy atom. The molecule has 6 nitrogen and oxygen atoms in total. The van der Waals surface area contributed by atoms with E-state index in [4.69, 9.17) is 14.2 Å². The predicted molar refractivity (Wildman–Crippen MR) is 316 cm³/mol. The van der Waals surface area contributed by atoms with E-state index >= 15 is 0 Å². The molecule has 0 spiro atoms. The highest BCUT2D eigenvalue weighted by Crippen LogP contribution is 2.16. The van der Waals surface area contributed by atoms with Crippen LogP contribution in [0.5, 0.6) is 0 Å². The van der Waals surface area contributed by atoms with E-state index < -0.39 is 6.10 Å². The minimum Gasteiger partial charge on any atom is -0.462 e. The molecular formula is C67H112O6. The Morgan fingerprint density at radius 3 is 0.849 bits per heavy atom. The molecule has 0 aliphatic heterocycles. The first-order valence-corrected chi connectivity index (χ1v) is 30.4. The molecule has 6 heteroatoms. The first kappa shape index (κ1) is 69.1. The summed E-state index contributed by atoms with van der Waals surface area (Å²) in [5, 5.41) is 0. The van der Waals surface area contributed by atoms with Crippen LogP contribution in [-0.2, 0) is 28.6 Å². The molecule has 0 amide bonds. The van der Waals surface area contributed by atoms with Crippen LogP contribution in [0.2, 0.25) is 0 Å². The number of rotatable bonds is 54. The van der Waals surface area contributed by atoms with E-state index in [9.17, 15) is 14.4 Å². The molecular weight excluding hydrogens is 901 g/mol. The van der Waals surface area contributed by atoms with Gasteiger partial charge in [0.2, 0.25) is 0 Å². The zero-order valence-electron chi connectivity index (χ0n) is 47.6. The fourth-order valence-electron chi connectivity index (χ4n) is 8.28. The van der Waals surface area contributed by atoms with Crippen molar-refractivity contribution in [3.8, 4) is 0 Å². The lowest BCUT2D eigenvalue weighted by molar-refractivity contribution is -0.167. The van der Waals surface area contributed by atoms with Crippen LogP contribution in [0.4, 0.5) is 0 Å². The Morgan fingerprint density at radius 2 is 0.534 bits per heavy atom. The molecule has 0 bridgehead atoms. The summed E-state index contributed by atoms with van der Waals surface area (Å²) < 4.78 is 16.8. The van der Waals surface area contributed by atoms with Gasteiger partial charge in [-0.25, -0.2) is 0 Å². The molecule has 0 rings (SSSR count). The maximum atomic E-state index is 12.8. The average molecular weight is 1010 g/mol. The van der Waals surface area contributed by atoms with E-state index in [0.717, 1.165) is 122 Å². The van der Waals surface area contributed by atoms with E-state index in [1.54, 1.807) is 0 Å². The largest absolute Gasteiger partial charge is 0.462 e. The first-order valence-electron chi connectivity index (χ1n) is 30.4. The van der Waals surface area contributed by atoms with Gasteiger partial charge in [-0.05, 0) is 103 Å². The van der Waals surface area contributed by atoms with E-state index in [-0.39, 0.29) is 37.5 Å². The number of carbonyl (C=O) groups is 3. The molecule has 0 saturated heterocycles. The van der Waals surface area contributed by atoms with Gasteiger partial charge in [-0.1, -0.05) is 265 Å². The Labute approximate surface area is 450 Å². The molecule has 1 atom stereocenters. The van der Waals surface area contributed by atoms with Crippen molar-refractivity contribution in [2.24, 2.45) is 0 Å². The molecule has 0 aliphatic carbocycles. The van der Waals surface area contributed by atoms with Crippen molar-refractivity contribution in [2.75, 3.05) is 13.2 Å². The van der Waals surface area contributed by atoms with Gasteiger partial charge in [0.25, 0.3) is 0 Å². The molecule has 0 radical (unpaired) electrons. The summed E-state index contributed by atoms with van der Waals surface area (Å²) >= 11 is 0. The van der Waals surface area contributed by atoms with Gasteiger partial charge in [-0.15, -0.1) is 0 Å². The molecule has 0 N–H and O–H groups in total. The second kappa shape index (κ2) is 60.6. The molecule has 1 unspecified atom stereocenters. The second-order valence-corrected chi connectivity index (χ2v) is 19.9. The van der Waals surface area contributed by atoms with Crippen molar-refractivity contribution in [2.45, 2.75) is 284 Å². The number of esters is 3. The summed E-state index contributed by atoms with van der Waals surface area (Å²) in [4.78, 5) is 38.0. The highest BCUT2D eigenvalue weighted by atomic mass is 16.6. The van der Waals surface area contributed by atoms with Gasteiger partial charge in [0.1, 0.15) is 13.2 Å². The Hall–Kier alpha value is -3.93. The van der Waals surface area contributed by atoms with Crippen molar-refractivity contribution in [1.29, 1.82) is 0 Å². The summed E-state index contributed by atoms with van der Waals surface area (Å²) in [7, 11) is 0. The zero-order valence-corrected chi connectivity index (χ0v) is 47.6. The molecule has 0 aliphatic rings. The summed E-state index contributed by atoms with van der Waals surface area (Å²) in [6.45, 7) is 6.35. The van der Waals surface area contributed by atoms with Crippen LogP contribution in [0.15, 0.2) is 109 Å². The molecule has 0 fully saturated rings. The number of unbranched alkanes of at least 4 members (excludes halogenated alkanes) is 25. The van der Waals surface area contributed by atoms with Crippen molar-refractivity contribution in [3.05, 3.63) is 109 Å². The normalized spacial score (nSPS) is 12.9. The minimum absolute atomic E-state index is 0.0902. The van der Waals surface area contributed by atoms with Crippen LogP contribution in [0.25, 0.3) is 0 Å². The smallest absolute Gasteiger partial charge is 0.306 e. The van der Waals surface area contributed by atoms with Gasteiger partial charge in [-0.2, -0.15) is 0 Å². The molecule has 0 aromatic rings. The Balaban J connectivity index is 4.15. The fourth-order valence-corrected chi connectivity index (χ4v) is 8.28. The Kier molecular flexibility index (Phi) is 57.4. The Bertz CT molecular complexity index is 1490. The van der Waals surface area contributed by atoms with Crippen molar-refractivity contribution in [1.82, 2.24) is 0 Å². The number of hydrogen-bond donors (Lipinski definition) is 0. The lowest BCUT2D eigenvalue weighted by atomic mass is 10.0. The highest BCUT2D eigenvalue weighted by molar-refractivity contribution is 5.71. The maximum Gasteiger partial charge on any atom is 0.306 e. The monoisotopic (exact) mass is 1010 g/mol. The van der Waals surface area contributed by atoms with Crippen LogP contribution < -0.4 is 0 Å². The number of allylic oxidation sites excluding steroid dienone is 18. The van der Waals surface area contributed by atoms with E-state index in [2.05, 4.69) is 130 Å². The molecule has 0 heterocycles. The fraction of sp³-hybridized carbons (Fsp3) is 0.687. The third-order valence-electron chi connectivity index (χ3n) is 12.8. The topological polar surface area (TPSA) is 78.9 Å². The van der Waals surface area contributed by atoms with E-state index in [0.29, 0.717) is 12.8 Å². The van der Waals surface area contributed by atoms with Crippen molar-refractivity contribution in [3.63, 3.8) is 0 Å². The van der Waals surface area contributed by atoms with Gasteiger partial charge in [0.05, 0.1) is 0 Å². The van der Waals surface area contributed by atoms with E-state index in [1.807, 2.05) is 0 Å². The van der Waals surface area contributed by atoms with Gasteiger partial charge in [0.15, 0.2) is 6.10 Å². The number of hydrogen-bond acceptors (Lipinski definition) is 6. The molecule has 73 heavy (non-hydrogen) atoms. The lowest BCUT2D eigenvalue weighted by Crippen LogP contribution is -2.30. The van der Waals surface area contributed by atoms with Crippen LogP contribution in [0.1, 0.15) is 278 Å². The van der Waals surface area contributed by atoms with Crippen molar-refractivity contribution < 1.29 is 28.6 Å². The van der Waals surface area contributed by atoms with E-state index in [1.165, 1.54) is 116 Å². The highest BCUT2D eigenvalue weighted by Gasteiger charge is 2.19. The van der Waals surface area contributed by atoms with Crippen LogP contribution in [-0.4, -0.2) is 37.2 Å². The summed E-state index contributed by atoms with van der Waals surface area (Å²) in [6.07, 6.45) is 82.6. The van der Waals surface area contributed by atoms with Gasteiger partial charge in [0, 0.05) is 19.3 Å². The molecule has 0 aromatic carbocycles. The van der Waals surface area contributed by atoms with Crippen LogP contribution in [0.3, 0.4) is 0 Å². The summed E-state index contributed by atoms with van der Waals surface area (Å²) in [6, 6.07) is 0. The number of ether oxygens (including phenoxy) is 3. The second-order valence-electron chi connectivity index (χ2n) is 19.9. The predicted octanol–water partition coefficient (Wildman–Crippen LogP) is 20.7. The quantitative estimate of drug-likeness (QED) is 0.0261. The zero-order chi connectivity index (χ0) is 52.9. The minimum atomic E-state index is -0.793. The van der Waals surface area contributed by atoms with Crippen LogP contribution in [0, 0.1) is 0 Å². The average Bonchev–Trinajstić information content (AvgIpc) is 3.39. The molecule has 0 aromatic heterocycles. The number of carbonyl (C=O) groups excluding carboxylic acids is 3. The standard InChI is InChI=1S/C67H112O6/c1-4-7-10-13-16-18-20-22-24-26-28-29-30-31-32-33-34-35-36-37-39-40-42-44-46-48-51-54-57-60-66(69)72-63-64(62-71-65(68)59-56-53-50-15-12-9-6-3)73-67(70)61-58-55-52-49-47-45-43-41-38-27-25-23-21-19-17-14-11-8-5-2/h7-8,10-11,16-19,22-25,28-29,38,41,45,47,64H,4-6,9,12-15,20-21,26-27,30-37,39-40,42-44,46,48-63H2,1-3H3/b10-7-,11-8-,18-16-,19-17-,24-22-,25-23-,29-28-,41-38-,47-45-. The van der Waals surface area contributed by atoms with Crippen molar-refractivity contribution >= 4 is 17.9 Å². The van der Waals surface area contributed by atoms with Crippen LogP contribution >= 0.6 is 0 Å². The SMILES string of the molecule is CC/C=C\C/C=C\C/C=C\C/C=C\C/C=C\CCCCCC(=O)OC(COC(=O)CCCCCCCCC)COC(=O)CCCCCCCCCCCCCCCCCC/C=C\C/C=C\C/C=C\C/C=C\CC. The summed E-state index contributed by atoms with van der Waals surface area (Å²) in [5.74, 6) is -0.925. The van der Waals surface area contributed by atoms with Gasteiger partial charge < -0.3 is 14.2 Å². The summed E-state index contributed by atoms with van der Waals surface area (Å²) in [5.41, 5.74) is 0. The third kappa shape index (κ3) is 58.8. The molecule has 416 valence electrons. The third-order valence-corrected chi connectivity index (χ3v) is 12.8.